The zero-order valence-electron chi connectivity index (χ0n) is 13.3. The molecule has 0 unspecified atom stereocenters. The van der Waals surface area contributed by atoms with Crippen molar-refractivity contribution in [1.82, 2.24) is 9.97 Å². The molecule has 1 aliphatic rings. The fraction of sp³-hybridized carbons (Fsp3) is 0.412. The third-order valence-corrected chi connectivity index (χ3v) is 5.02. The predicted octanol–water partition coefficient (Wildman–Crippen LogP) is 4.04. The molecule has 23 heavy (non-hydrogen) atoms. The number of hydrogen-bond acceptors (Lipinski definition) is 5. The molecule has 0 radical (unpaired) electrons. The molecule has 2 heterocycles. The highest BCUT2D eigenvalue weighted by Gasteiger charge is 2.27. The minimum absolute atomic E-state index is 0.277. The average molecular weight is 350 g/mol. The van der Waals surface area contributed by atoms with Gasteiger partial charge in [-0.1, -0.05) is 18.2 Å². The Morgan fingerprint density at radius 3 is 2.57 bits per heavy atom. The molecule has 1 fully saturated rings. The molecule has 122 valence electrons. The summed E-state index contributed by atoms with van der Waals surface area (Å²) in [5.74, 6) is 1.66. The van der Waals surface area contributed by atoms with Crippen LogP contribution in [0.5, 0.6) is 0 Å². The third kappa shape index (κ3) is 4.16. The monoisotopic (exact) mass is 349 g/mol. The van der Waals surface area contributed by atoms with Crippen molar-refractivity contribution in [2.45, 2.75) is 36.6 Å². The van der Waals surface area contributed by atoms with Crippen LogP contribution in [0, 0.1) is 0 Å². The van der Waals surface area contributed by atoms with Crippen LogP contribution in [0.3, 0.4) is 0 Å². The molecule has 1 saturated heterocycles. The molecule has 2 aromatic rings. The number of hydrogen-bond donors (Lipinski definition) is 0. The van der Waals surface area contributed by atoms with Crippen molar-refractivity contribution in [1.29, 1.82) is 0 Å². The summed E-state index contributed by atoms with van der Waals surface area (Å²) in [7, 11) is 0. The number of ether oxygens (including phenoxy) is 1. The number of halogens is 1. The van der Waals surface area contributed by atoms with Gasteiger partial charge in [0.1, 0.15) is 5.82 Å². The van der Waals surface area contributed by atoms with Gasteiger partial charge in [-0.3, -0.25) is 0 Å². The Labute approximate surface area is 146 Å². The standard InChI is InChI=1S/C17H20ClN3OS/c1-12-9-22-10-13(2)21(12)16-8-14(19-17(18)20-16)11-23-15-6-4-3-5-7-15/h3-8,12-13H,9-11H2,1-2H3/t12-,13-/m0/s1. The van der Waals surface area contributed by atoms with Gasteiger partial charge < -0.3 is 9.64 Å². The van der Waals surface area contributed by atoms with E-state index in [4.69, 9.17) is 16.3 Å². The van der Waals surface area contributed by atoms with Crippen molar-refractivity contribution in [2.75, 3.05) is 18.1 Å². The summed E-state index contributed by atoms with van der Waals surface area (Å²) in [6.45, 7) is 5.70. The van der Waals surface area contributed by atoms with Crippen molar-refractivity contribution >= 4 is 29.2 Å². The molecule has 1 aromatic carbocycles. The molecule has 1 aromatic heterocycles. The molecule has 0 N–H and O–H groups in total. The Bertz CT molecular complexity index is 646. The summed E-state index contributed by atoms with van der Waals surface area (Å²) in [6.07, 6.45) is 0. The van der Waals surface area contributed by atoms with Gasteiger partial charge in [0.05, 0.1) is 31.0 Å². The SMILES string of the molecule is C[C@H]1COC[C@H](C)N1c1cc(CSc2ccccc2)nc(Cl)n1. The second-order valence-corrected chi connectivity index (χ2v) is 7.12. The normalized spacial score (nSPS) is 21.4. The van der Waals surface area contributed by atoms with Crippen LogP contribution in [0.1, 0.15) is 19.5 Å². The Morgan fingerprint density at radius 1 is 1.17 bits per heavy atom. The first kappa shape index (κ1) is 16.6. The van der Waals surface area contributed by atoms with E-state index in [0.717, 1.165) is 17.3 Å². The van der Waals surface area contributed by atoms with Gasteiger partial charge in [0.2, 0.25) is 5.28 Å². The maximum absolute atomic E-state index is 6.16. The number of morpholine rings is 1. The lowest BCUT2D eigenvalue weighted by molar-refractivity contribution is 0.0752. The van der Waals surface area contributed by atoms with E-state index in [0.29, 0.717) is 18.5 Å². The Morgan fingerprint density at radius 2 is 1.87 bits per heavy atom. The van der Waals surface area contributed by atoms with Crippen molar-refractivity contribution in [3.63, 3.8) is 0 Å². The quantitative estimate of drug-likeness (QED) is 0.615. The van der Waals surface area contributed by atoms with E-state index in [1.165, 1.54) is 4.90 Å². The molecule has 3 rings (SSSR count). The van der Waals surface area contributed by atoms with Crippen LogP contribution < -0.4 is 4.90 Å². The number of anilines is 1. The van der Waals surface area contributed by atoms with Gasteiger partial charge >= 0.3 is 0 Å². The fourth-order valence-corrected chi connectivity index (χ4v) is 3.79. The number of aromatic nitrogens is 2. The van der Waals surface area contributed by atoms with Gasteiger partial charge in [-0.2, -0.15) is 0 Å². The van der Waals surface area contributed by atoms with Crippen LogP contribution in [-0.2, 0) is 10.5 Å². The molecule has 1 aliphatic heterocycles. The summed E-state index contributed by atoms with van der Waals surface area (Å²) in [4.78, 5) is 12.3. The van der Waals surface area contributed by atoms with Crippen molar-refractivity contribution in [2.24, 2.45) is 0 Å². The Kier molecular flexibility index (Phi) is 5.41. The second kappa shape index (κ2) is 7.51. The van der Waals surface area contributed by atoms with E-state index in [1.807, 2.05) is 24.3 Å². The van der Waals surface area contributed by atoms with Gasteiger partial charge in [-0.25, -0.2) is 9.97 Å². The molecule has 0 bridgehead atoms. The first-order valence-corrected chi connectivity index (χ1v) is 9.07. The lowest BCUT2D eigenvalue weighted by atomic mass is 10.1. The first-order valence-electron chi connectivity index (χ1n) is 7.71. The van der Waals surface area contributed by atoms with Crippen molar-refractivity contribution in [3.8, 4) is 0 Å². The Hall–Kier alpha value is -1.30. The fourth-order valence-electron chi connectivity index (χ4n) is 2.79. The summed E-state index contributed by atoms with van der Waals surface area (Å²) in [5, 5.41) is 0.303. The summed E-state index contributed by atoms with van der Waals surface area (Å²) in [6, 6.07) is 12.9. The first-order chi connectivity index (χ1) is 11.1. The minimum atomic E-state index is 0.277. The van der Waals surface area contributed by atoms with E-state index in [-0.39, 0.29) is 12.1 Å². The number of benzene rings is 1. The van der Waals surface area contributed by atoms with Gasteiger partial charge in [0.15, 0.2) is 0 Å². The predicted molar refractivity (Wildman–Crippen MR) is 95.3 cm³/mol. The van der Waals surface area contributed by atoms with Crippen LogP contribution in [0.4, 0.5) is 5.82 Å². The van der Waals surface area contributed by atoms with Gasteiger partial charge in [0.25, 0.3) is 0 Å². The molecule has 0 amide bonds. The van der Waals surface area contributed by atoms with Crippen LogP contribution in [0.15, 0.2) is 41.3 Å². The minimum Gasteiger partial charge on any atom is -0.377 e. The second-order valence-electron chi connectivity index (χ2n) is 5.73. The highest BCUT2D eigenvalue weighted by Crippen LogP contribution is 2.27. The summed E-state index contributed by atoms with van der Waals surface area (Å²) in [5.41, 5.74) is 0.944. The topological polar surface area (TPSA) is 38.2 Å². The molecule has 2 atom stereocenters. The average Bonchev–Trinajstić information content (AvgIpc) is 2.53. The highest BCUT2D eigenvalue weighted by molar-refractivity contribution is 7.98. The van der Waals surface area contributed by atoms with E-state index < -0.39 is 0 Å². The smallest absolute Gasteiger partial charge is 0.224 e. The molecular weight excluding hydrogens is 330 g/mol. The summed E-state index contributed by atoms with van der Waals surface area (Å²) < 4.78 is 5.59. The largest absolute Gasteiger partial charge is 0.377 e. The molecule has 4 nitrogen and oxygen atoms in total. The molecular formula is C17H20ClN3OS. The van der Waals surface area contributed by atoms with E-state index in [1.54, 1.807) is 11.8 Å². The maximum atomic E-state index is 6.16. The lowest BCUT2D eigenvalue weighted by Crippen LogP contribution is -2.50. The van der Waals surface area contributed by atoms with Gasteiger partial charge in [-0.15, -0.1) is 11.8 Å². The van der Waals surface area contributed by atoms with Crippen LogP contribution in [0.25, 0.3) is 0 Å². The highest BCUT2D eigenvalue weighted by atomic mass is 35.5. The zero-order chi connectivity index (χ0) is 16.2. The van der Waals surface area contributed by atoms with Crippen molar-refractivity contribution in [3.05, 3.63) is 47.4 Å². The Balaban J connectivity index is 1.78. The van der Waals surface area contributed by atoms with Crippen LogP contribution in [0.2, 0.25) is 5.28 Å². The third-order valence-electron chi connectivity index (χ3n) is 3.80. The molecule has 0 aliphatic carbocycles. The molecule has 6 heteroatoms. The molecule has 0 saturated carbocycles. The van der Waals surface area contributed by atoms with E-state index in [9.17, 15) is 0 Å². The summed E-state index contributed by atoms with van der Waals surface area (Å²) >= 11 is 7.90. The van der Waals surface area contributed by atoms with E-state index in [2.05, 4.69) is 40.8 Å². The van der Waals surface area contributed by atoms with Gasteiger partial charge in [0, 0.05) is 16.7 Å². The zero-order valence-corrected chi connectivity index (χ0v) is 14.8. The van der Waals surface area contributed by atoms with Gasteiger partial charge in [-0.05, 0) is 37.6 Å². The number of nitrogens with zero attached hydrogens (tertiary/aromatic N) is 3. The van der Waals surface area contributed by atoms with Crippen molar-refractivity contribution < 1.29 is 4.74 Å². The lowest BCUT2D eigenvalue weighted by Gasteiger charge is -2.39. The molecule has 0 spiro atoms. The van der Waals surface area contributed by atoms with Crippen LogP contribution >= 0.6 is 23.4 Å². The van der Waals surface area contributed by atoms with Crippen LogP contribution in [-0.4, -0.2) is 35.3 Å². The number of rotatable bonds is 4. The maximum Gasteiger partial charge on any atom is 0.224 e. The number of thioether (sulfide) groups is 1. The van der Waals surface area contributed by atoms with E-state index >= 15 is 0 Å².